The largest absolute Gasteiger partial charge is 0.0796 e. The van der Waals surface area contributed by atoms with E-state index in [0.29, 0.717) is 11.8 Å². The van der Waals surface area contributed by atoms with E-state index >= 15 is 0 Å². The van der Waals surface area contributed by atoms with Crippen molar-refractivity contribution in [1.82, 2.24) is 0 Å². The van der Waals surface area contributed by atoms with Gasteiger partial charge in [-0.2, -0.15) is 0 Å². The van der Waals surface area contributed by atoms with Crippen molar-refractivity contribution in [3.05, 3.63) is 57.2 Å². The van der Waals surface area contributed by atoms with Gasteiger partial charge in [0.2, 0.25) is 0 Å². The third-order valence-electron chi connectivity index (χ3n) is 4.05. The molecule has 0 amide bonds. The SMILES string of the molecule is CC1(C)c2cccc(I)c2[C@@H]2C=CC=CC21. The summed E-state index contributed by atoms with van der Waals surface area (Å²) in [6.45, 7) is 4.74. The molecule has 0 spiro atoms. The molecule has 1 unspecified atom stereocenters. The lowest BCUT2D eigenvalue weighted by atomic mass is 9.74. The van der Waals surface area contributed by atoms with Gasteiger partial charge in [-0.15, -0.1) is 0 Å². The minimum absolute atomic E-state index is 0.266. The van der Waals surface area contributed by atoms with Crippen LogP contribution in [0.25, 0.3) is 0 Å². The highest BCUT2D eigenvalue weighted by atomic mass is 127. The Kier molecular flexibility index (Phi) is 2.29. The van der Waals surface area contributed by atoms with Gasteiger partial charge >= 0.3 is 0 Å². The van der Waals surface area contributed by atoms with Gasteiger partial charge < -0.3 is 0 Å². The summed E-state index contributed by atoms with van der Waals surface area (Å²) < 4.78 is 1.41. The lowest BCUT2D eigenvalue weighted by molar-refractivity contribution is 0.394. The molecule has 0 saturated heterocycles. The smallest absolute Gasteiger partial charge is 0.0171 e. The van der Waals surface area contributed by atoms with E-state index in [-0.39, 0.29) is 5.41 Å². The molecule has 1 aromatic rings. The van der Waals surface area contributed by atoms with Crippen molar-refractivity contribution in [2.24, 2.45) is 5.92 Å². The van der Waals surface area contributed by atoms with E-state index in [1.807, 2.05) is 0 Å². The van der Waals surface area contributed by atoms with E-state index in [2.05, 4.69) is 78.9 Å². The Bertz CT molecular complexity index is 494. The maximum atomic E-state index is 2.47. The van der Waals surface area contributed by atoms with Gasteiger partial charge in [-0.1, -0.05) is 50.3 Å². The average molecular weight is 322 g/mol. The lowest BCUT2D eigenvalue weighted by Crippen LogP contribution is -2.24. The summed E-state index contributed by atoms with van der Waals surface area (Å²) >= 11 is 2.47. The summed E-state index contributed by atoms with van der Waals surface area (Å²) in [5.41, 5.74) is 3.35. The molecule has 2 atom stereocenters. The second-order valence-electron chi connectivity index (χ2n) is 5.24. The topological polar surface area (TPSA) is 0 Å². The van der Waals surface area contributed by atoms with Crippen LogP contribution in [-0.2, 0) is 5.41 Å². The van der Waals surface area contributed by atoms with E-state index in [0.717, 1.165) is 0 Å². The van der Waals surface area contributed by atoms with Crippen LogP contribution in [0.5, 0.6) is 0 Å². The molecule has 16 heavy (non-hydrogen) atoms. The fourth-order valence-electron chi connectivity index (χ4n) is 3.19. The fraction of sp³-hybridized carbons (Fsp3) is 0.333. The number of benzene rings is 1. The number of rotatable bonds is 0. The standard InChI is InChI=1S/C15H15I/c1-15(2)11-7-4-3-6-10(11)14-12(15)8-5-9-13(14)16/h3-11H,1-2H3/t10-,11?/m1/s1. The number of halogens is 1. The molecule has 0 fully saturated rings. The molecule has 0 N–H and O–H groups in total. The summed E-state index contributed by atoms with van der Waals surface area (Å²) in [5.74, 6) is 1.21. The first-order chi connectivity index (χ1) is 7.62. The van der Waals surface area contributed by atoms with Crippen molar-refractivity contribution in [1.29, 1.82) is 0 Å². The Morgan fingerprint density at radius 1 is 1.12 bits per heavy atom. The Balaban J connectivity index is 2.28. The summed E-state index contributed by atoms with van der Waals surface area (Å²) in [7, 11) is 0. The van der Waals surface area contributed by atoms with E-state index in [1.165, 1.54) is 9.13 Å². The van der Waals surface area contributed by atoms with Crippen LogP contribution in [0.1, 0.15) is 30.9 Å². The minimum atomic E-state index is 0.266. The van der Waals surface area contributed by atoms with Gasteiger partial charge in [0.15, 0.2) is 0 Å². The molecule has 0 radical (unpaired) electrons. The second-order valence-corrected chi connectivity index (χ2v) is 6.41. The quantitative estimate of drug-likeness (QED) is 0.621. The molecule has 3 rings (SSSR count). The molecule has 1 aromatic carbocycles. The monoisotopic (exact) mass is 322 g/mol. The maximum Gasteiger partial charge on any atom is 0.0171 e. The number of hydrogen-bond donors (Lipinski definition) is 0. The second kappa shape index (κ2) is 3.46. The molecule has 0 bridgehead atoms. The summed E-state index contributed by atoms with van der Waals surface area (Å²) in [4.78, 5) is 0. The van der Waals surface area contributed by atoms with Crippen molar-refractivity contribution >= 4 is 22.6 Å². The van der Waals surface area contributed by atoms with Crippen LogP contribution in [0.15, 0.2) is 42.5 Å². The molecular formula is C15H15I. The molecule has 0 nitrogen and oxygen atoms in total. The summed E-state index contributed by atoms with van der Waals surface area (Å²) in [6.07, 6.45) is 9.12. The molecule has 0 saturated carbocycles. The summed E-state index contributed by atoms with van der Waals surface area (Å²) in [6, 6.07) is 6.72. The van der Waals surface area contributed by atoms with E-state index in [4.69, 9.17) is 0 Å². The van der Waals surface area contributed by atoms with Gasteiger partial charge in [0.25, 0.3) is 0 Å². The first kappa shape index (κ1) is 10.6. The van der Waals surface area contributed by atoms with Crippen molar-refractivity contribution in [2.45, 2.75) is 25.2 Å². The van der Waals surface area contributed by atoms with E-state index < -0.39 is 0 Å². The van der Waals surface area contributed by atoms with Gasteiger partial charge in [-0.05, 0) is 51.1 Å². The zero-order chi connectivity index (χ0) is 11.3. The first-order valence-electron chi connectivity index (χ1n) is 5.76. The van der Waals surface area contributed by atoms with Crippen molar-refractivity contribution < 1.29 is 0 Å². The average Bonchev–Trinajstić information content (AvgIpc) is 2.51. The molecule has 2 aliphatic carbocycles. The normalized spacial score (nSPS) is 28.9. The van der Waals surface area contributed by atoms with Crippen molar-refractivity contribution in [3.8, 4) is 0 Å². The van der Waals surface area contributed by atoms with E-state index in [1.54, 1.807) is 5.56 Å². The maximum absolute atomic E-state index is 2.47. The van der Waals surface area contributed by atoms with Crippen molar-refractivity contribution in [2.75, 3.05) is 0 Å². The Labute approximate surface area is 111 Å². The van der Waals surface area contributed by atoms with Crippen LogP contribution < -0.4 is 0 Å². The number of allylic oxidation sites excluding steroid dienone is 4. The van der Waals surface area contributed by atoms with Crippen LogP contribution in [0.2, 0.25) is 0 Å². The minimum Gasteiger partial charge on any atom is -0.0796 e. The summed E-state index contributed by atoms with van der Waals surface area (Å²) in [5, 5.41) is 0. The molecule has 0 aromatic heterocycles. The lowest BCUT2D eigenvalue weighted by Gasteiger charge is -2.29. The molecule has 2 aliphatic rings. The third kappa shape index (κ3) is 1.27. The van der Waals surface area contributed by atoms with Gasteiger partial charge in [0.1, 0.15) is 0 Å². The number of hydrogen-bond acceptors (Lipinski definition) is 0. The molecule has 0 aliphatic heterocycles. The Hall–Kier alpha value is -0.570. The first-order valence-corrected chi connectivity index (χ1v) is 6.84. The van der Waals surface area contributed by atoms with Crippen molar-refractivity contribution in [3.63, 3.8) is 0 Å². The molecule has 1 heteroatoms. The molecule has 0 heterocycles. The van der Waals surface area contributed by atoms with Crippen LogP contribution in [-0.4, -0.2) is 0 Å². The zero-order valence-electron chi connectivity index (χ0n) is 9.57. The predicted octanol–water partition coefficient (Wildman–Crippen LogP) is 4.41. The predicted molar refractivity (Wildman–Crippen MR) is 76.7 cm³/mol. The van der Waals surface area contributed by atoms with Gasteiger partial charge in [0, 0.05) is 9.49 Å². The Morgan fingerprint density at radius 3 is 2.69 bits per heavy atom. The van der Waals surface area contributed by atoms with Crippen LogP contribution in [0.3, 0.4) is 0 Å². The van der Waals surface area contributed by atoms with Crippen LogP contribution >= 0.6 is 22.6 Å². The van der Waals surface area contributed by atoms with Gasteiger partial charge in [-0.25, -0.2) is 0 Å². The van der Waals surface area contributed by atoms with Gasteiger partial charge in [0.05, 0.1) is 0 Å². The highest BCUT2D eigenvalue weighted by Gasteiger charge is 2.44. The molecular weight excluding hydrogens is 307 g/mol. The Morgan fingerprint density at radius 2 is 1.88 bits per heavy atom. The fourth-order valence-corrected chi connectivity index (χ4v) is 4.05. The zero-order valence-corrected chi connectivity index (χ0v) is 11.7. The molecule has 82 valence electrons. The van der Waals surface area contributed by atoms with Crippen LogP contribution in [0.4, 0.5) is 0 Å². The third-order valence-corrected chi connectivity index (χ3v) is 4.99. The number of fused-ring (bicyclic) bond motifs is 3. The highest BCUT2D eigenvalue weighted by molar-refractivity contribution is 14.1. The highest BCUT2D eigenvalue weighted by Crippen LogP contribution is 2.53. The van der Waals surface area contributed by atoms with E-state index in [9.17, 15) is 0 Å². The van der Waals surface area contributed by atoms with Gasteiger partial charge in [-0.3, -0.25) is 0 Å². The van der Waals surface area contributed by atoms with Crippen LogP contribution in [0, 0.1) is 9.49 Å².